The number of carbonyl (C=O) groups is 2. The van der Waals surface area contributed by atoms with Crippen molar-refractivity contribution < 1.29 is 18.7 Å². The first-order valence-electron chi connectivity index (χ1n) is 11.4. The Bertz CT molecular complexity index is 1000. The molecule has 0 radical (unpaired) electrons. The highest BCUT2D eigenvalue weighted by atomic mass is 19.1. The van der Waals surface area contributed by atoms with Crippen LogP contribution < -0.4 is 5.32 Å². The number of nitrogens with one attached hydrogen (secondary N) is 1. The molecule has 2 aliphatic rings. The molecule has 172 valence electrons. The smallest absolute Gasteiger partial charge is 0.410 e. The van der Waals surface area contributed by atoms with Crippen molar-refractivity contribution in [1.82, 2.24) is 15.1 Å². The van der Waals surface area contributed by atoms with Crippen molar-refractivity contribution in [2.45, 2.75) is 70.7 Å². The monoisotopic (exact) mass is 441 g/mol. The predicted octanol–water partition coefficient (Wildman–Crippen LogP) is 5.05. The van der Waals surface area contributed by atoms with Crippen molar-refractivity contribution in [3.05, 3.63) is 47.8 Å². The summed E-state index contributed by atoms with van der Waals surface area (Å²) in [6, 6.07) is 10.8. The van der Waals surface area contributed by atoms with Gasteiger partial charge in [0.25, 0.3) is 0 Å². The maximum atomic E-state index is 14.5. The van der Waals surface area contributed by atoms with Gasteiger partial charge in [0.2, 0.25) is 0 Å². The van der Waals surface area contributed by atoms with E-state index in [0.29, 0.717) is 18.7 Å². The lowest BCUT2D eigenvalue weighted by atomic mass is 10.0. The topological polar surface area (TPSA) is 61.9 Å². The number of nitrogens with zero attached hydrogens (tertiary/aromatic N) is 2. The third-order valence-corrected chi connectivity index (χ3v) is 5.96. The molecule has 3 amide bonds. The highest BCUT2D eigenvalue weighted by molar-refractivity contribution is 5.83. The van der Waals surface area contributed by atoms with Crippen LogP contribution in [0.1, 0.15) is 52.0 Å². The average molecular weight is 442 g/mol. The van der Waals surface area contributed by atoms with E-state index in [9.17, 15) is 14.0 Å². The number of halogens is 1. The fourth-order valence-electron chi connectivity index (χ4n) is 4.31. The number of amides is 3. The number of piperidine rings is 1. The summed E-state index contributed by atoms with van der Waals surface area (Å²) in [5.74, 6) is -0.323. The lowest BCUT2D eigenvalue weighted by Gasteiger charge is -2.39. The Labute approximate surface area is 188 Å². The van der Waals surface area contributed by atoms with Gasteiger partial charge in [0.05, 0.1) is 6.04 Å². The molecule has 1 N–H and O–H groups in total. The van der Waals surface area contributed by atoms with Gasteiger partial charge in [0.15, 0.2) is 0 Å². The quantitative estimate of drug-likeness (QED) is 0.722. The second kappa shape index (κ2) is 8.96. The minimum absolute atomic E-state index is 0.0646. The molecule has 6 nitrogen and oxygen atoms in total. The van der Waals surface area contributed by atoms with Crippen LogP contribution in [0.5, 0.6) is 0 Å². The summed E-state index contributed by atoms with van der Waals surface area (Å²) in [4.78, 5) is 29.2. The number of carbonyl (C=O) groups excluding carboxylic acids is 2. The van der Waals surface area contributed by atoms with Crippen LogP contribution in [0.2, 0.25) is 0 Å². The molecule has 1 saturated carbocycles. The molecular weight excluding hydrogens is 409 g/mol. The van der Waals surface area contributed by atoms with Gasteiger partial charge in [-0.2, -0.15) is 0 Å². The summed E-state index contributed by atoms with van der Waals surface area (Å²) < 4.78 is 20.1. The molecule has 1 saturated heterocycles. The fraction of sp³-hybridized carbons (Fsp3) is 0.520. The first-order chi connectivity index (χ1) is 15.2. The molecule has 1 aliphatic carbocycles. The standard InChI is InChI=1S/C25H32FN3O3/c1-25(2,3)32-24(31)28-12-6-9-21(16-28)29(20-10-11-20)23(30)27-15-19-13-17-7-4-5-8-18(17)14-22(19)26/h4-5,7-8,13-14,20-21H,6,9-12,15-16H2,1-3H3,(H,27,30). The predicted molar refractivity (Wildman–Crippen MR) is 122 cm³/mol. The van der Waals surface area contributed by atoms with E-state index in [1.54, 1.807) is 11.0 Å². The van der Waals surface area contributed by atoms with E-state index < -0.39 is 5.60 Å². The Morgan fingerprint density at radius 3 is 2.47 bits per heavy atom. The highest BCUT2D eigenvalue weighted by Crippen LogP contribution is 2.32. The van der Waals surface area contributed by atoms with Crippen molar-refractivity contribution in [2.24, 2.45) is 0 Å². The van der Waals surface area contributed by atoms with Crippen LogP contribution in [-0.2, 0) is 11.3 Å². The average Bonchev–Trinajstić information content (AvgIpc) is 3.56. The van der Waals surface area contributed by atoms with E-state index in [0.717, 1.165) is 36.5 Å². The first-order valence-corrected chi connectivity index (χ1v) is 11.4. The first kappa shape index (κ1) is 22.4. The number of ether oxygens (including phenoxy) is 1. The second-order valence-electron chi connectivity index (χ2n) is 9.81. The molecular formula is C25H32FN3O3. The van der Waals surface area contributed by atoms with Gasteiger partial charge >= 0.3 is 12.1 Å². The van der Waals surface area contributed by atoms with Gasteiger partial charge in [-0.25, -0.2) is 14.0 Å². The Morgan fingerprint density at radius 2 is 1.81 bits per heavy atom. The van der Waals surface area contributed by atoms with Gasteiger partial charge in [-0.1, -0.05) is 24.3 Å². The van der Waals surface area contributed by atoms with Crippen LogP contribution in [0, 0.1) is 5.82 Å². The Balaban J connectivity index is 1.42. The molecule has 1 atom stereocenters. The van der Waals surface area contributed by atoms with Crippen LogP contribution >= 0.6 is 0 Å². The minimum atomic E-state index is -0.554. The third kappa shape index (κ3) is 5.31. The van der Waals surface area contributed by atoms with Crippen molar-refractivity contribution >= 4 is 22.9 Å². The summed E-state index contributed by atoms with van der Waals surface area (Å²) in [7, 11) is 0. The zero-order valence-electron chi connectivity index (χ0n) is 19.1. The van der Waals surface area contributed by atoms with Crippen molar-refractivity contribution in [3.8, 4) is 0 Å². The summed E-state index contributed by atoms with van der Waals surface area (Å²) in [6.07, 6.45) is 3.24. The summed E-state index contributed by atoms with van der Waals surface area (Å²) in [6.45, 7) is 6.77. The number of urea groups is 1. The third-order valence-electron chi connectivity index (χ3n) is 5.96. The molecule has 32 heavy (non-hydrogen) atoms. The Kier molecular flexibility index (Phi) is 6.26. The van der Waals surface area contributed by atoms with Gasteiger partial charge < -0.3 is 19.9 Å². The van der Waals surface area contributed by atoms with E-state index in [2.05, 4.69) is 5.32 Å². The molecule has 0 bridgehead atoms. The molecule has 0 spiro atoms. The van der Waals surface area contributed by atoms with Gasteiger partial charge in [-0.05, 0) is 69.4 Å². The fourth-order valence-corrected chi connectivity index (χ4v) is 4.31. The maximum Gasteiger partial charge on any atom is 0.410 e. The summed E-state index contributed by atoms with van der Waals surface area (Å²) in [5, 5.41) is 4.70. The lowest BCUT2D eigenvalue weighted by Crippen LogP contribution is -2.55. The number of hydrogen-bond donors (Lipinski definition) is 1. The number of benzene rings is 2. The number of fused-ring (bicyclic) bond motifs is 1. The van der Waals surface area contributed by atoms with Crippen LogP contribution in [0.4, 0.5) is 14.0 Å². The van der Waals surface area contributed by atoms with Gasteiger partial charge in [-0.15, -0.1) is 0 Å². The van der Waals surface area contributed by atoms with Gasteiger partial charge in [0.1, 0.15) is 11.4 Å². The molecule has 2 aromatic carbocycles. The van der Waals surface area contributed by atoms with E-state index >= 15 is 0 Å². The number of rotatable bonds is 4. The van der Waals surface area contributed by atoms with Crippen molar-refractivity contribution in [3.63, 3.8) is 0 Å². The number of hydrogen-bond acceptors (Lipinski definition) is 3. The summed E-state index contributed by atoms with van der Waals surface area (Å²) >= 11 is 0. The molecule has 2 fully saturated rings. The zero-order chi connectivity index (χ0) is 22.9. The zero-order valence-corrected chi connectivity index (χ0v) is 19.1. The highest BCUT2D eigenvalue weighted by Gasteiger charge is 2.40. The Hall–Kier alpha value is -2.83. The van der Waals surface area contributed by atoms with Gasteiger partial charge in [-0.3, -0.25) is 0 Å². The molecule has 2 aromatic rings. The maximum absolute atomic E-state index is 14.5. The van der Waals surface area contributed by atoms with E-state index in [1.807, 2.05) is 49.9 Å². The Morgan fingerprint density at radius 1 is 1.12 bits per heavy atom. The largest absolute Gasteiger partial charge is 0.444 e. The van der Waals surface area contributed by atoms with Crippen molar-refractivity contribution in [2.75, 3.05) is 13.1 Å². The van der Waals surface area contributed by atoms with E-state index in [4.69, 9.17) is 4.74 Å². The van der Waals surface area contributed by atoms with E-state index in [1.165, 1.54) is 6.07 Å². The lowest BCUT2D eigenvalue weighted by molar-refractivity contribution is 0.0127. The second-order valence-corrected chi connectivity index (χ2v) is 9.81. The van der Waals surface area contributed by atoms with Gasteiger partial charge in [0, 0.05) is 31.2 Å². The van der Waals surface area contributed by atoms with Crippen LogP contribution in [-0.4, -0.2) is 52.7 Å². The van der Waals surface area contributed by atoms with Crippen LogP contribution in [0.25, 0.3) is 10.8 Å². The molecule has 1 heterocycles. The molecule has 7 heteroatoms. The normalized spacial score (nSPS) is 19.0. The molecule has 1 aliphatic heterocycles. The SMILES string of the molecule is CC(C)(C)OC(=O)N1CCCC(N(C(=O)NCc2cc3ccccc3cc2F)C2CC2)C1. The molecule has 0 aromatic heterocycles. The van der Waals surface area contributed by atoms with Crippen molar-refractivity contribution in [1.29, 1.82) is 0 Å². The van der Waals surface area contributed by atoms with Crippen LogP contribution in [0.15, 0.2) is 36.4 Å². The summed E-state index contributed by atoms with van der Waals surface area (Å²) in [5.41, 5.74) is -0.0894. The van der Waals surface area contributed by atoms with Crippen LogP contribution in [0.3, 0.4) is 0 Å². The molecule has 1 unspecified atom stereocenters. The minimum Gasteiger partial charge on any atom is -0.444 e. The van der Waals surface area contributed by atoms with E-state index in [-0.39, 0.29) is 36.6 Å². The molecule has 4 rings (SSSR count). The number of likely N-dealkylation sites (tertiary alicyclic amines) is 1.